The number of halogens is 1. The van der Waals surface area contributed by atoms with Crippen LogP contribution in [0.2, 0.25) is 0 Å². The zero-order valence-corrected chi connectivity index (χ0v) is 15.1. The molecule has 3 atom stereocenters. The Bertz CT molecular complexity index is 713. The van der Waals surface area contributed by atoms with E-state index >= 15 is 0 Å². The number of carbonyl (C=O) groups is 1. The maximum atomic E-state index is 14.4. The zero-order chi connectivity index (χ0) is 18.1. The lowest BCUT2D eigenvalue weighted by molar-refractivity contribution is -0.115. The van der Waals surface area contributed by atoms with Gasteiger partial charge in [0.05, 0.1) is 17.9 Å². The lowest BCUT2D eigenvalue weighted by Gasteiger charge is -2.37. The van der Waals surface area contributed by atoms with Crippen LogP contribution in [0.1, 0.15) is 20.8 Å². The van der Waals surface area contributed by atoms with Crippen LogP contribution in [0.3, 0.4) is 0 Å². The molecule has 0 radical (unpaired) electrons. The molecule has 0 unspecified atom stereocenters. The van der Waals surface area contributed by atoms with Crippen LogP contribution in [-0.2, 0) is 19.4 Å². The Labute approximate surface area is 141 Å². The Kier molecular flexibility index (Phi) is 5.49. The highest BCUT2D eigenvalue weighted by Gasteiger charge is 2.26. The van der Waals surface area contributed by atoms with E-state index in [-0.39, 0.29) is 17.9 Å². The number of morpholine rings is 1. The molecule has 6 nitrogen and oxygen atoms in total. The number of ether oxygens (including phenoxy) is 1. The predicted octanol–water partition coefficient (Wildman–Crippen LogP) is 1.81. The van der Waals surface area contributed by atoms with E-state index in [9.17, 15) is 17.6 Å². The van der Waals surface area contributed by atoms with E-state index in [4.69, 9.17) is 4.74 Å². The number of benzene rings is 1. The van der Waals surface area contributed by atoms with Gasteiger partial charge in [-0.2, -0.15) is 0 Å². The minimum absolute atomic E-state index is 0.00291. The van der Waals surface area contributed by atoms with Crippen LogP contribution in [0.4, 0.5) is 15.8 Å². The molecule has 1 N–H and O–H groups in total. The molecular weight excluding hydrogens is 335 g/mol. The number of amides is 1. The summed E-state index contributed by atoms with van der Waals surface area (Å²) < 4.78 is 42.9. The van der Waals surface area contributed by atoms with Crippen molar-refractivity contribution >= 4 is 27.1 Å². The quantitative estimate of drug-likeness (QED) is 0.888. The van der Waals surface area contributed by atoms with Crippen molar-refractivity contribution in [3.63, 3.8) is 0 Å². The van der Waals surface area contributed by atoms with Crippen molar-refractivity contribution in [3.05, 3.63) is 24.0 Å². The molecule has 1 aliphatic rings. The summed E-state index contributed by atoms with van der Waals surface area (Å²) in [6.07, 6.45) is 0.994. The summed E-state index contributed by atoms with van der Waals surface area (Å²) in [6.45, 7) is 6.32. The molecule has 1 aromatic carbocycles. The fraction of sp³-hybridized carbons (Fsp3) is 0.562. The average Bonchev–Trinajstić information content (AvgIpc) is 2.44. The first-order chi connectivity index (χ1) is 11.1. The van der Waals surface area contributed by atoms with Crippen molar-refractivity contribution in [1.82, 2.24) is 0 Å². The highest BCUT2D eigenvalue weighted by atomic mass is 32.2. The molecule has 0 bridgehead atoms. The summed E-state index contributed by atoms with van der Waals surface area (Å²) in [6, 6.07) is 4.35. The molecule has 134 valence electrons. The summed E-state index contributed by atoms with van der Waals surface area (Å²) in [5.74, 6) is -1.15. The van der Waals surface area contributed by atoms with E-state index in [0.717, 1.165) is 6.26 Å². The van der Waals surface area contributed by atoms with Gasteiger partial charge >= 0.3 is 0 Å². The van der Waals surface area contributed by atoms with E-state index in [0.29, 0.717) is 18.8 Å². The number of nitrogens with one attached hydrogen (secondary N) is 1. The molecule has 1 amide bonds. The largest absolute Gasteiger partial charge is 0.372 e. The van der Waals surface area contributed by atoms with Gasteiger partial charge in [0.15, 0.2) is 9.84 Å². The van der Waals surface area contributed by atoms with Crippen LogP contribution < -0.4 is 10.2 Å². The van der Waals surface area contributed by atoms with Gasteiger partial charge < -0.3 is 15.0 Å². The minimum atomic E-state index is -3.50. The van der Waals surface area contributed by atoms with Crippen molar-refractivity contribution in [2.24, 2.45) is 0 Å². The lowest BCUT2D eigenvalue weighted by Crippen LogP contribution is -2.45. The minimum Gasteiger partial charge on any atom is -0.372 e. The van der Waals surface area contributed by atoms with E-state index in [1.54, 1.807) is 12.1 Å². The smallest absolute Gasteiger partial charge is 0.242 e. The molecule has 0 aromatic heterocycles. The second-order valence-electron chi connectivity index (χ2n) is 6.29. The van der Waals surface area contributed by atoms with Crippen molar-refractivity contribution in [2.45, 2.75) is 38.2 Å². The van der Waals surface area contributed by atoms with Gasteiger partial charge in [-0.25, -0.2) is 12.8 Å². The van der Waals surface area contributed by atoms with Gasteiger partial charge in [-0.1, -0.05) is 0 Å². The van der Waals surface area contributed by atoms with Crippen molar-refractivity contribution in [1.29, 1.82) is 0 Å². The second-order valence-corrected chi connectivity index (χ2v) is 8.66. The molecule has 24 heavy (non-hydrogen) atoms. The van der Waals surface area contributed by atoms with Gasteiger partial charge in [0.1, 0.15) is 11.1 Å². The van der Waals surface area contributed by atoms with Crippen LogP contribution in [0.15, 0.2) is 18.2 Å². The number of anilines is 2. The Balaban J connectivity index is 2.14. The molecule has 8 heteroatoms. The molecule has 2 rings (SSSR count). The number of rotatable bonds is 4. The van der Waals surface area contributed by atoms with Crippen LogP contribution in [0.5, 0.6) is 0 Å². The Hall–Kier alpha value is -1.67. The third-order valence-electron chi connectivity index (χ3n) is 3.99. The summed E-state index contributed by atoms with van der Waals surface area (Å²) in [5.41, 5.74) is 0.664. The first-order valence-corrected chi connectivity index (χ1v) is 9.73. The summed E-state index contributed by atoms with van der Waals surface area (Å²) >= 11 is 0. The number of carbonyl (C=O) groups excluding carboxylic acids is 1. The average molecular weight is 358 g/mol. The Morgan fingerprint density at radius 2 is 1.92 bits per heavy atom. The third kappa shape index (κ3) is 4.45. The van der Waals surface area contributed by atoms with E-state index in [1.165, 1.54) is 13.0 Å². The SMILES string of the molecule is C[C@@H]1CN(c2ccc(NC(=O)[C@H](C)S(C)(=O)=O)cc2F)C[C@H](C)O1. The molecular formula is C16H23FN2O4S. The predicted molar refractivity (Wildman–Crippen MR) is 91.6 cm³/mol. The topological polar surface area (TPSA) is 75.7 Å². The fourth-order valence-electron chi connectivity index (χ4n) is 2.65. The van der Waals surface area contributed by atoms with Gasteiger partial charge in [-0.15, -0.1) is 0 Å². The van der Waals surface area contributed by atoms with E-state index < -0.39 is 26.8 Å². The fourth-order valence-corrected chi connectivity index (χ4v) is 3.10. The maximum absolute atomic E-state index is 14.4. The highest BCUT2D eigenvalue weighted by Crippen LogP contribution is 2.26. The van der Waals surface area contributed by atoms with Gasteiger partial charge in [0.25, 0.3) is 0 Å². The van der Waals surface area contributed by atoms with Crippen molar-refractivity contribution in [3.8, 4) is 0 Å². The summed E-state index contributed by atoms with van der Waals surface area (Å²) in [5, 5.41) is 1.24. The summed E-state index contributed by atoms with van der Waals surface area (Å²) in [7, 11) is -3.50. The normalized spacial score (nSPS) is 23.0. The molecule has 1 aromatic rings. The first kappa shape index (κ1) is 18.7. The standard InChI is InChI=1S/C16H23FN2O4S/c1-10-8-19(9-11(2)23-10)15-6-5-13(7-14(15)17)18-16(20)12(3)24(4,21)22/h5-7,10-12H,8-9H2,1-4H3,(H,18,20)/t10-,11+,12-/m0/s1. The molecule has 1 aliphatic heterocycles. The Morgan fingerprint density at radius 3 is 2.42 bits per heavy atom. The first-order valence-electron chi connectivity index (χ1n) is 7.77. The van der Waals surface area contributed by atoms with Crippen LogP contribution in [0.25, 0.3) is 0 Å². The van der Waals surface area contributed by atoms with Crippen LogP contribution in [-0.4, -0.2) is 51.1 Å². The second kappa shape index (κ2) is 7.06. The zero-order valence-electron chi connectivity index (χ0n) is 14.2. The molecule has 0 aliphatic carbocycles. The van der Waals surface area contributed by atoms with Crippen molar-refractivity contribution < 1.29 is 22.3 Å². The molecule has 0 saturated carbocycles. The molecule has 1 fully saturated rings. The van der Waals surface area contributed by atoms with E-state index in [2.05, 4.69) is 5.32 Å². The van der Waals surface area contributed by atoms with E-state index in [1.807, 2.05) is 18.7 Å². The lowest BCUT2D eigenvalue weighted by atomic mass is 10.2. The number of nitrogens with zero attached hydrogens (tertiary/aromatic N) is 1. The Morgan fingerprint density at radius 1 is 1.33 bits per heavy atom. The number of hydrogen-bond donors (Lipinski definition) is 1. The van der Waals surface area contributed by atoms with Gasteiger partial charge in [-0.3, -0.25) is 4.79 Å². The van der Waals surface area contributed by atoms with Crippen molar-refractivity contribution in [2.75, 3.05) is 29.6 Å². The van der Waals surface area contributed by atoms with Crippen LogP contribution >= 0.6 is 0 Å². The molecule has 1 heterocycles. The third-order valence-corrected chi connectivity index (χ3v) is 5.49. The van der Waals surface area contributed by atoms with Gasteiger partial charge in [0, 0.05) is 25.0 Å². The maximum Gasteiger partial charge on any atom is 0.242 e. The van der Waals surface area contributed by atoms with Crippen LogP contribution in [0, 0.1) is 5.82 Å². The van der Waals surface area contributed by atoms with Gasteiger partial charge in [0.2, 0.25) is 5.91 Å². The molecule has 0 spiro atoms. The molecule has 1 saturated heterocycles. The van der Waals surface area contributed by atoms with Gasteiger partial charge in [-0.05, 0) is 39.0 Å². The number of hydrogen-bond acceptors (Lipinski definition) is 5. The monoisotopic (exact) mass is 358 g/mol. The summed E-state index contributed by atoms with van der Waals surface area (Å²) in [4.78, 5) is 13.8. The number of sulfone groups is 1. The highest BCUT2D eigenvalue weighted by molar-refractivity contribution is 7.92.